The predicted octanol–water partition coefficient (Wildman–Crippen LogP) is 2.55. The van der Waals surface area contributed by atoms with Gasteiger partial charge in [0.05, 0.1) is 12.7 Å². The molecule has 0 N–H and O–H groups in total. The van der Waals surface area contributed by atoms with Crippen molar-refractivity contribution >= 4 is 5.78 Å². The van der Waals surface area contributed by atoms with Crippen LogP contribution in [0.1, 0.15) is 34.3 Å². The zero-order valence-corrected chi connectivity index (χ0v) is 11.7. The molecule has 19 heavy (non-hydrogen) atoms. The van der Waals surface area contributed by atoms with Crippen LogP contribution in [0, 0.1) is 25.8 Å². The lowest BCUT2D eigenvalue weighted by molar-refractivity contribution is 0.105. The summed E-state index contributed by atoms with van der Waals surface area (Å²) in [4.78, 5) is 14.2. The van der Waals surface area contributed by atoms with E-state index < -0.39 is 0 Å². The molecule has 3 nitrogen and oxygen atoms in total. The van der Waals surface area contributed by atoms with Crippen molar-refractivity contribution in [3.05, 3.63) is 28.8 Å². The van der Waals surface area contributed by atoms with Gasteiger partial charge in [-0.15, -0.1) is 0 Å². The quantitative estimate of drug-likeness (QED) is 0.602. The molecule has 1 aromatic rings. The highest BCUT2D eigenvalue weighted by Gasteiger charge is 2.14. The van der Waals surface area contributed by atoms with Crippen LogP contribution in [0.2, 0.25) is 0 Å². The van der Waals surface area contributed by atoms with Gasteiger partial charge < -0.3 is 9.64 Å². The molecule has 0 atom stereocenters. The second kappa shape index (κ2) is 5.79. The van der Waals surface area contributed by atoms with Gasteiger partial charge in [0.2, 0.25) is 5.78 Å². The van der Waals surface area contributed by atoms with Gasteiger partial charge in [-0.3, -0.25) is 4.79 Å². The first-order chi connectivity index (χ1) is 9.11. The summed E-state index contributed by atoms with van der Waals surface area (Å²) in [5.74, 6) is 3.19. The zero-order chi connectivity index (χ0) is 13.8. The van der Waals surface area contributed by atoms with Gasteiger partial charge in [0.1, 0.15) is 5.75 Å². The summed E-state index contributed by atoms with van der Waals surface area (Å²) in [6.45, 7) is 5.84. The van der Waals surface area contributed by atoms with E-state index in [9.17, 15) is 4.79 Å². The molecular weight excluding hydrogens is 238 g/mol. The van der Waals surface area contributed by atoms with Crippen LogP contribution in [0.4, 0.5) is 0 Å². The molecule has 0 aromatic heterocycles. The second-order valence-corrected chi connectivity index (χ2v) is 4.92. The molecule has 0 radical (unpaired) electrons. The van der Waals surface area contributed by atoms with Crippen LogP contribution in [-0.4, -0.2) is 30.9 Å². The molecule has 100 valence electrons. The maximum atomic E-state index is 12.2. The van der Waals surface area contributed by atoms with Gasteiger partial charge in [0, 0.05) is 25.1 Å². The van der Waals surface area contributed by atoms with E-state index >= 15 is 0 Å². The molecule has 3 heteroatoms. The number of aryl methyl sites for hydroxylation is 2. The second-order valence-electron chi connectivity index (χ2n) is 4.92. The van der Waals surface area contributed by atoms with Gasteiger partial charge in [-0.25, -0.2) is 0 Å². The Morgan fingerprint density at radius 2 is 1.95 bits per heavy atom. The Morgan fingerprint density at radius 1 is 1.26 bits per heavy atom. The Hall–Kier alpha value is -1.95. The Morgan fingerprint density at radius 3 is 2.58 bits per heavy atom. The number of methoxy groups -OCH3 is 1. The maximum absolute atomic E-state index is 12.2. The number of hydrogen-bond donors (Lipinski definition) is 0. The van der Waals surface area contributed by atoms with E-state index in [2.05, 4.69) is 12.0 Å². The normalized spacial score (nSPS) is 13.9. The Labute approximate surface area is 114 Å². The monoisotopic (exact) mass is 257 g/mol. The standard InChI is InChI=1S/C16H19NO2/c1-12-10-13(2)16(19-3)14(11-12)15(18)6-9-17-7-4-5-8-17/h10-11H,4-5,7-8H2,1-3H3. The van der Waals surface area contributed by atoms with Crippen molar-refractivity contribution in [1.82, 2.24) is 4.90 Å². The predicted molar refractivity (Wildman–Crippen MR) is 75.4 cm³/mol. The van der Waals surface area contributed by atoms with Crippen molar-refractivity contribution in [3.63, 3.8) is 0 Å². The van der Waals surface area contributed by atoms with Crippen LogP contribution in [0.15, 0.2) is 12.1 Å². The number of likely N-dealkylation sites (tertiary alicyclic amines) is 1. The molecule has 0 bridgehead atoms. The van der Waals surface area contributed by atoms with E-state index in [0.29, 0.717) is 11.3 Å². The third-order valence-corrected chi connectivity index (χ3v) is 3.30. The minimum Gasteiger partial charge on any atom is -0.496 e. The molecule has 1 heterocycles. The highest BCUT2D eigenvalue weighted by molar-refractivity contribution is 6.11. The van der Waals surface area contributed by atoms with Crippen LogP contribution in [0.5, 0.6) is 5.75 Å². The first-order valence-electron chi connectivity index (χ1n) is 6.58. The number of Topliss-reactive ketones (excluding diaryl/α,β-unsaturated/α-hetero) is 1. The molecule has 1 saturated heterocycles. The van der Waals surface area contributed by atoms with Crippen molar-refractivity contribution in [2.24, 2.45) is 0 Å². The molecule has 0 saturated carbocycles. The zero-order valence-electron chi connectivity index (χ0n) is 11.7. The molecule has 1 fully saturated rings. The molecule has 0 unspecified atom stereocenters. The fourth-order valence-corrected chi connectivity index (χ4v) is 2.42. The summed E-state index contributed by atoms with van der Waals surface area (Å²) >= 11 is 0. The van der Waals surface area contributed by atoms with Crippen molar-refractivity contribution in [3.8, 4) is 17.7 Å². The van der Waals surface area contributed by atoms with Crippen molar-refractivity contribution in [2.45, 2.75) is 26.7 Å². The van der Waals surface area contributed by atoms with Gasteiger partial charge >= 0.3 is 0 Å². The molecular formula is C16H19NO2. The minimum atomic E-state index is -0.171. The van der Waals surface area contributed by atoms with Crippen molar-refractivity contribution < 1.29 is 9.53 Å². The first-order valence-corrected chi connectivity index (χ1v) is 6.58. The van der Waals surface area contributed by atoms with Crippen LogP contribution in [0.25, 0.3) is 0 Å². The van der Waals surface area contributed by atoms with E-state index in [-0.39, 0.29) is 5.78 Å². The number of rotatable bonds is 2. The van der Waals surface area contributed by atoms with Crippen molar-refractivity contribution in [2.75, 3.05) is 20.2 Å². The summed E-state index contributed by atoms with van der Waals surface area (Å²) in [5.41, 5.74) is 2.57. The van der Waals surface area contributed by atoms with Gasteiger partial charge in [-0.2, -0.15) is 0 Å². The Balaban J connectivity index is 2.27. The number of ketones is 1. The maximum Gasteiger partial charge on any atom is 0.241 e. The van der Waals surface area contributed by atoms with Crippen LogP contribution < -0.4 is 4.74 Å². The van der Waals surface area contributed by atoms with Gasteiger partial charge in [0.25, 0.3) is 0 Å². The lowest BCUT2D eigenvalue weighted by Gasteiger charge is -2.10. The van der Waals surface area contributed by atoms with Crippen molar-refractivity contribution in [1.29, 1.82) is 0 Å². The van der Waals surface area contributed by atoms with E-state index in [1.165, 1.54) is 0 Å². The molecule has 0 amide bonds. The minimum absolute atomic E-state index is 0.171. The molecule has 1 aromatic carbocycles. The summed E-state index contributed by atoms with van der Waals surface area (Å²) < 4.78 is 5.32. The summed E-state index contributed by atoms with van der Waals surface area (Å²) in [5, 5.41) is 0. The number of ether oxygens (including phenoxy) is 1. The van der Waals surface area contributed by atoms with Crippen LogP contribution in [-0.2, 0) is 0 Å². The lowest BCUT2D eigenvalue weighted by Crippen LogP contribution is -2.12. The van der Waals surface area contributed by atoms with E-state index in [1.54, 1.807) is 7.11 Å². The highest BCUT2D eigenvalue weighted by Crippen LogP contribution is 2.25. The van der Waals surface area contributed by atoms with Crippen LogP contribution in [0.3, 0.4) is 0 Å². The Bertz CT molecular complexity index is 546. The summed E-state index contributed by atoms with van der Waals surface area (Å²) in [6, 6.07) is 6.79. The molecule has 0 aliphatic carbocycles. The van der Waals surface area contributed by atoms with Gasteiger partial charge in [-0.1, -0.05) is 6.07 Å². The average Bonchev–Trinajstić information content (AvgIpc) is 2.88. The smallest absolute Gasteiger partial charge is 0.241 e. The van der Waals surface area contributed by atoms with Gasteiger partial charge in [0.15, 0.2) is 0 Å². The molecule has 0 spiro atoms. The molecule has 1 aliphatic heterocycles. The van der Waals surface area contributed by atoms with Gasteiger partial charge in [-0.05, 0) is 43.9 Å². The molecule has 2 rings (SSSR count). The number of benzene rings is 1. The number of nitrogens with zero attached hydrogens (tertiary/aromatic N) is 1. The van der Waals surface area contributed by atoms with E-state index in [4.69, 9.17) is 4.74 Å². The van der Waals surface area contributed by atoms with E-state index in [0.717, 1.165) is 37.1 Å². The lowest BCUT2D eigenvalue weighted by atomic mass is 10.0. The number of hydrogen-bond acceptors (Lipinski definition) is 3. The largest absolute Gasteiger partial charge is 0.496 e. The summed E-state index contributed by atoms with van der Waals surface area (Å²) in [7, 11) is 1.59. The third-order valence-electron chi connectivity index (χ3n) is 3.30. The fraction of sp³-hybridized carbons (Fsp3) is 0.438. The summed E-state index contributed by atoms with van der Waals surface area (Å²) in [6.07, 6.45) is 2.32. The number of carbonyl (C=O) groups is 1. The van der Waals surface area contributed by atoms with E-state index in [1.807, 2.05) is 30.9 Å². The van der Waals surface area contributed by atoms with Crippen LogP contribution >= 0.6 is 0 Å². The SMILES string of the molecule is COc1c(C)cc(C)cc1C(=O)C#CN1CCCC1. The first kappa shape index (κ1) is 13.5. The number of carbonyl (C=O) groups excluding carboxylic acids is 1. The topological polar surface area (TPSA) is 29.5 Å². The molecule has 1 aliphatic rings. The highest BCUT2D eigenvalue weighted by atomic mass is 16.5. The Kier molecular flexibility index (Phi) is 4.11. The fourth-order valence-electron chi connectivity index (χ4n) is 2.42. The third kappa shape index (κ3) is 3.08. The average molecular weight is 257 g/mol.